The number of anilines is 1. The molecule has 2 aromatic carbocycles. The highest BCUT2D eigenvalue weighted by atomic mass is 35.5. The van der Waals surface area contributed by atoms with E-state index in [4.69, 9.17) is 11.6 Å². The lowest BCUT2D eigenvalue weighted by molar-refractivity contribution is -0.137. The molecule has 0 unspecified atom stereocenters. The monoisotopic (exact) mass is 413 g/mol. The second-order valence-corrected chi connectivity index (χ2v) is 6.74. The summed E-state index contributed by atoms with van der Waals surface area (Å²) in [5.41, 5.74) is 3.48. The molecule has 2 aromatic rings. The van der Waals surface area contributed by atoms with E-state index < -0.39 is 29.6 Å². The van der Waals surface area contributed by atoms with E-state index in [-0.39, 0.29) is 22.2 Å². The van der Waals surface area contributed by atoms with E-state index in [1.807, 2.05) is 0 Å². The third-order valence-electron chi connectivity index (χ3n) is 3.91. The van der Waals surface area contributed by atoms with Crippen LogP contribution in [0.4, 0.5) is 18.9 Å². The van der Waals surface area contributed by atoms with Crippen LogP contribution < -0.4 is 16.2 Å². The summed E-state index contributed by atoms with van der Waals surface area (Å²) in [5, 5.41) is 2.78. The second kappa shape index (κ2) is 8.97. The number of alkyl halides is 3. The van der Waals surface area contributed by atoms with Crippen molar-refractivity contribution in [2.75, 3.05) is 5.43 Å². The van der Waals surface area contributed by atoms with Gasteiger partial charge < -0.3 is 5.32 Å². The topological polar surface area (TPSA) is 70.2 Å². The summed E-state index contributed by atoms with van der Waals surface area (Å²) in [6.07, 6.45) is -4.58. The van der Waals surface area contributed by atoms with Crippen molar-refractivity contribution in [2.24, 2.45) is 5.92 Å². The Kier molecular flexibility index (Phi) is 6.90. The summed E-state index contributed by atoms with van der Waals surface area (Å²) < 4.78 is 39.1. The Morgan fingerprint density at radius 3 is 2.21 bits per heavy atom. The SMILES string of the molecule is CC(C)[C@@H](NC(=O)c1ccccc1Cl)C(=O)NNc1ccccc1C(F)(F)F. The zero-order chi connectivity index (χ0) is 20.9. The molecule has 0 heterocycles. The number of halogens is 4. The lowest BCUT2D eigenvalue weighted by Crippen LogP contribution is -2.51. The third kappa shape index (κ3) is 5.39. The van der Waals surface area contributed by atoms with E-state index in [0.717, 1.165) is 6.07 Å². The minimum Gasteiger partial charge on any atom is -0.340 e. The lowest BCUT2D eigenvalue weighted by atomic mass is 10.0. The van der Waals surface area contributed by atoms with Crippen molar-refractivity contribution in [1.82, 2.24) is 10.7 Å². The Hall–Kier alpha value is -2.74. The molecule has 0 radical (unpaired) electrons. The molecular formula is C19H19ClF3N3O2. The number of nitrogens with one attached hydrogen (secondary N) is 3. The second-order valence-electron chi connectivity index (χ2n) is 6.33. The number of hydrogen-bond donors (Lipinski definition) is 3. The first-order chi connectivity index (χ1) is 13.1. The maximum Gasteiger partial charge on any atom is 0.418 e. The van der Waals surface area contributed by atoms with Gasteiger partial charge in [-0.05, 0) is 30.2 Å². The van der Waals surface area contributed by atoms with Crippen LogP contribution in [-0.2, 0) is 11.0 Å². The van der Waals surface area contributed by atoms with Gasteiger partial charge in [-0.25, -0.2) is 0 Å². The van der Waals surface area contributed by atoms with E-state index in [0.29, 0.717) is 0 Å². The van der Waals surface area contributed by atoms with Crippen molar-refractivity contribution in [2.45, 2.75) is 26.1 Å². The lowest BCUT2D eigenvalue weighted by Gasteiger charge is -2.23. The number of rotatable bonds is 6. The van der Waals surface area contributed by atoms with Gasteiger partial charge in [0.2, 0.25) is 0 Å². The first-order valence-electron chi connectivity index (χ1n) is 8.38. The van der Waals surface area contributed by atoms with E-state index in [9.17, 15) is 22.8 Å². The normalized spacial score (nSPS) is 12.4. The molecule has 1 atom stereocenters. The van der Waals surface area contributed by atoms with Gasteiger partial charge in [0.25, 0.3) is 11.8 Å². The maximum atomic E-state index is 13.0. The molecule has 0 fully saturated rings. The number of hydrazine groups is 1. The molecule has 0 bridgehead atoms. The summed E-state index contributed by atoms with van der Waals surface area (Å²) in [7, 11) is 0. The van der Waals surface area contributed by atoms with Crippen LogP contribution in [0.2, 0.25) is 5.02 Å². The van der Waals surface area contributed by atoms with Crippen molar-refractivity contribution >= 4 is 29.1 Å². The summed E-state index contributed by atoms with van der Waals surface area (Å²) in [6.45, 7) is 3.39. The average Bonchev–Trinajstić information content (AvgIpc) is 2.63. The highest BCUT2D eigenvalue weighted by molar-refractivity contribution is 6.33. The van der Waals surface area contributed by atoms with Gasteiger partial charge in [-0.15, -0.1) is 0 Å². The predicted octanol–water partition coefficient (Wildman–Crippen LogP) is 4.26. The molecule has 0 aliphatic rings. The molecule has 0 saturated carbocycles. The van der Waals surface area contributed by atoms with Crippen molar-refractivity contribution < 1.29 is 22.8 Å². The van der Waals surface area contributed by atoms with Crippen molar-refractivity contribution in [3.63, 3.8) is 0 Å². The van der Waals surface area contributed by atoms with E-state index >= 15 is 0 Å². The number of benzene rings is 2. The smallest absolute Gasteiger partial charge is 0.340 e. The zero-order valence-corrected chi connectivity index (χ0v) is 15.9. The molecule has 28 heavy (non-hydrogen) atoms. The Balaban J connectivity index is 2.10. The molecule has 3 N–H and O–H groups in total. The molecule has 5 nitrogen and oxygen atoms in total. The fraction of sp³-hybridized carbons (Fsp3) is 0.263. The number of amides is 2. The molecule has 0 aliphatic carbocycles. The molecule has 0 aliphatic heterocycles. The van der Waals surface area contributed by atoms with Crippen LogP contribution in [0.15, 0.2) is 48.5 Å². The zero-order valence-electron chi connectivity index (χ0n) is 15.1. The quantitative estimate of drug-likeness (QED) is 0.620. The number of para-hydroxylation sites is 1. The van der Waals surface area contributed by atoms with Crippen LogP contribution in [0, 0.1) is 5.92 Å². The van der Waals surface area contributed by atoms with Gasteiger partial charge in [0.15, 0.2) is 0 Å². The van der Waals surface area contributed by atoms with Crippen LogP contribution in [0.3, 0.4) is 0 Å². The van der Waals surface area contributed by atoms with Crippen molar-refractivity contribution in [3.05, 3.63) is 64.7 Å². The standard InChI is InChI=1S/C19H19ClF3N3O2/c1-11(2)16(24-17(27)12-7-3-5-9-14(12)20)18(28)26-25-15-10-6-4-8-13(15)19(21,22)23/h3-11,16,25H,1-2H3,(H,24,27)(H,26,28)/t16-/m1/s1. The van der Waals surface area contributed by atoms with Gasteiger partial charge in [0.1, 0.15) is 6.04 Å². The van der Waals surface area contributed by atoms with Gasteiger partial charge in [0.05, 0.1) is 21.8 Å². The van der Waals surface area contributed by atoms with Gasteiger partial charge >= 0.3 is 6.18 Å². The Morgan fingerprint density at radius 1 is 1.00 bits per heavy atom. The third-order valence-corrected chi connectivity index (χ3v) is 4.24. The van der Waals surface area contributed by atoms with Crippen LogP contribution in [0.25, 0.3) is 0 Å². The predicted molar refractivity (Wildman–Crippen MR) is 101 cm³/mol. The highest BCUT2D eigenvalue weighted by Gasteiger charge is 2.33. The van der Waals surface area contributed by atoms with E-state index in [1.54, 1.807) is 26.0 Å². The molecule has 0 spiro atoms. The van der Waals surface area contributed by atoms with Gasteiger partial charge in [-0.3, -0.25) is 20.4 Å². The minimum absolute atomic E-state index is 0.193. The first kappa shape index (κ1) is 21.6. The van der Waals surface area contributed by atoms with Crippen LogP contribution >= 0.6 is 11.6 Å². The average molecular weight is 414 g/mol. The molecule has 0 saturated heterocycles. The van der Waals surface area contributed by atoms with Gasteiger partial charge in [0, 0.05) is 0 Å². The highest BCUT2D eigenvalue weighted by Crippen LogP contribution is 2.34. The Bertz CT molecular complexity index is 856. The molecular weight excluding hydrogens is 395 g/mol. The maximum absolute atomic E-state index is 13.0. The number of carbonyl (C=O) groups excluding carboxylic acids is 2. The fourth-order valence-corrected chi connectivity index (χ4v) is 2.67. The van der Waals surface area contributed by atoms with Crippen molar-refractivity contribution in [3.8, 4) is 0 Å². The number of carbonyl (C=O) groups is 2. The summed E-state index contributed by atoms with van der Waals surface area (Å²) in [4.78, 5) is 24.9. The fourth-order valence-electron chi connectivity index (χ4n) is 2.45. The largest absolute Gasteiger partial charge is 0.418 e. The first-order valence-corrected chi connectivity index (χ1v) is 8.76. The van der Waals surface area contributed by atoms with E-state index in [1.165, 1.54) is 30.3 Å². The van der Waals surface area contributed by atoms with Gasteiger partial charge in [-0.1, -0.05) is 49.7 Å². The minimum atomic E-state index is -4.58. The van der Waals surface area contributed by atoms with Crippen molar-refractivity contribution in [1.29, 1.82) is 0 Å². The summed E-state index contributed by atoms with van der Waals surface area (Å²) in [6, 6.07) is 10.1. The van der Waals surface area contributed by atoms with Crippen LogP contribution in [-0.4, -0.2) is 17.9 Å². The van der Waals surface area contributed by atoms with Crippen LogP contribution in [0.1, 0.15) is 29.8 Å². The number of hydrogen-bond acceptors (Lipinski definition) is 3. The Morgan fingerprint density at radius 2 is 1.61 bits per heavy atom. The summed E-state index contributed by atoms with van der Waals surface area (Å²) in [5.74, 6) is -1.58. The Labute approximate surface area is 165 Å². The summed E-state index contributed by atoms with van der Waals surface area (Å²) >= 11 is 5.98. The van der Waals surface area contributed by atoms with E-state index in [2.05, 4.69) is 16.2 Å². The molecule has 2 amide bonds. The molecule has 150 valence electrons. The molecule has 2 rings (SSSR count). The molecule has 9 heteroatoms. The molecule has 0 aromatic heterocycles. The van der Waals surface area contributed by atoms with Crippen LogP contribution in [0.5, 0.6) is 0 Å². The van der Waals surface area contributed by atoms with Gasteiger partial charge in [-0.2, -0.15) is 13.2 Å².